The Morgan fingerprint density at radius 1 is 1.48 bits per heavy atom. The summed E-state index contributed by atoms with van der Waals surface area (Å²) in [6.07, 6.45) is 0.831. The largest absolute Gasteiger partial charge is 0.330 e. The van der Waals surface area contributed by atoms with E-state index in [1.54, 1.807) is 16.4 Å². The van der Waals surface area contributed by atoms with Crippen molar-refractivity contribution in [3.63, 3.8) is 0 Å². The Balaban J connectivity index is 2.11. The van der Waals surface area contributed by atoms with Gasteiger partial charge in [0.15, 0.2) is 0 Å². The molecule has 7 heteroatoms. The standard InChI is InChI=1S/C14H17ClN2O2S2/c1-9-14(12-6-11(15)2-3-13(12)20-9)21(18,19)17-5-4-10(7-16)8-17/h2-3,6,10H,4-5,7-8,16H2,1H3. The first-order valence-electron chi connectivity index (χ1n) is 6.82. The minimum Gasteiger partial charge on any atom is -0.330 e. The zero-order valence-corrected chi connectivity index (χ0v) is 14.1. The summed E-state index contributed by atoms with van der Waals surface area (Å²) in [7, 11) is -3.48. The van der Waals surface area contributed by atoms with Crippen LogP contribution in [0.2, 0.25) is 5.02 Å². The van der Waals surface area contributed by atoms with Gasteiger partial charge in [0.25, 0.3) is 0 Å². The third-order valence-corrected chi connectivity index (χ3v) is 7.45. The van der Waals surface area contributed by atoms with Gasteiger partial charge in [-0.25, -0.2) is 8.42 Å². The maximum absolute atomic E-state index is 13.0. The molecule has 4 nitrogen and oxygen atoms in total. The maximum atomic E-state index is 13.0. The fourth-order valence-electron chi connectivity index (χ4n) is 2.83. The highest BCUT2D eigenvalue weighted by molar-refractivity contribution is 7.89. The second kappa shape index (κ2) is 5.52. The van der Waals surface area contributed by atoms with E-state index in [2.05, 4.69) is 0 Å². The van der Waals surface area contributed by atoms with E-state index in [9.17, 15) is 8.42 Å². The molecule has 114 valence electrons. The third kappa shape index (κ3) is 2.59. The molecule has 1 aliphatic rings. The van der Waals surface area contributed by atoms with E-state index < -0.39 is 10.0 Å². The Morgan fingerprint density at radius 3 is 2.90 bits per heavy atom. The van der Waals surface area contributed by atoms with Crippen LogP contribution in [0, 0.1) is 12.8 Å². The number of nitrogens with two attached hydrogens (primary N) is 1. The Bertz CT molecular complexity index is 786. The average molecular weight is 345 g/mol. The van der Waals surface area contributed by atoms with Crippen LogP contribution in [0.15, 0.2) is 23.1 Å². The quantitative estimate of drug-likeness (QED) is 0.931. The van der Waals surface area contributed by atoms with Crippen LogP contribution >= 0.6 is 22.9 Å². The second-order valence-corrected chi connectivity index (χ2v) is 8.95. The number of hydrogen-bond acceptors (Lipinski definition) is 4. The summed E-state index contributed by atoms with van der Waals surface area (Å²) in [6, 6.07) is 5.40. The van der Waals surface area contributed by atoms with E-state index in [0.717, 1.165) is 21.4 Å². The highest BCUT2D eigenvalue weighted by Crippen LogP contribution is 2.38. The molecule has 1 atom stereocenters. The molecule has 1 aromatic heterocycles. The summed E-state index contributed by atoms with van der Waals surface area (Å²) in [5, 5.41) is 1.28. The smallest absolute Gasteiger partial charge is 0.244 e. The minimum absolute atomic E-state index is 0.258. The molecular weight excluding hydrogens is 328 g/mol. The third-order valence-electron chi connectivity index (χ3n) is 3.95. The van der Waals surface area contributed by atoms with Gasteiger partial charge in [0.05, 0.1) is 0 Å². The molecule has 1 saturated heterocycles. The Labute approximate surface area is 133 Å². The second-order valence-electron chi connectivity index (χ2n) is 5.38. The molecule has 1 aliphatic heterocycles. The number of nitrogens with zero attached hydrogens (tertiary/aromatic N) is 1. The molecule has 1 aromatic carbocycles. The zero-order valence-electron chi connectivity index (χ0n) is 11.7. The summed E-state index contributed by atoms with van der Waals surface area (Å²) >= 11 is 7.53. The van der Waals surface area contributed by atoms with Crippen molar-refractivity contribution < 1.29 is 8.42 Å². The van der Waals surface area contributed by atoms with E-state index >= 15 is 0 Å². The number of sulfonamides is 1. The Morgan fingerprint density at radius 2 is 2.24 bits per heavy atom. The van der Waals surface area contributed by atoms with Crippen LogP contribution < -0.4 is 5.73 Å². The molecule has 2 heterocycles. The van der Waals surface area contributed by atoms with E-state index in [1.165, 1.54) is 11.3 Å². The molecule has 2 aromatic rings. The number of halogens is 1. The van der Waals surface area contributed by atoms with Gasteiger partial charge in [-0.1, -0.05) is 11.6 Å². The lowest BCUT2D eigenvalue weighted by molar-refractivity contribution is 0.459. The van der Waals surface area contributed by atoms with Crippen molar-refractivity contribution in [2.75, 3.05) is 19.6 Å². The van der Waals surface area contributed by atoms with Gasteiger partial charge in [-0.2, -0.15) is 4.31 Å². The molecule has 1 unspecified atom stereocenters. The molecule has 2 N–H and O–H groups in total. The molecule has 3 rings (SSSR count). The van der Waals surface area contributed by atoms with Crippen molar-refractivity contribution in [2.24, 2.45) is 11.7 Å². The van der Waals surface area contributed by atoms with Crippen molar-refractivity contribution in [1.29, 1.82) is 0 Å². The molecule has 0 radical (unpaired) electrons. The topological polar surface area (TPSA) is 63.4 Å². The Hall–Kier alpha value is -0.660. The van der Waals surface area contributed by atoms with Crippen LogP contribution in [-0.2, 0) is 10.0 Å². The van der Waals surface area contributed by atoms with E-state index in [1.807, 2.05) is 13.0 Å². The number of hydrogen-bond donors (Lipinski definition) is 1. The maximum Gasteiger partial charge on any atom is 0.244 e. The lowest BCUT2D eigenvalue weighted by Gasteiger charge is -2.16. The fourth-order valence-corrected chi connectivity index (χ4v) is 6.27. The van der Waals surface area contributed by atoms with Crippen LogP contribution in [0.5, 0.6) is 0 Å². The van der Waals surface area contributed by atoms with Gasteiger partial charge in [-0.3, -0.25) is 0 Å². The van der Waals surface area contributed by atoms with E-state index in [0.29, 0.717) is 29.6 Å². The van der Waals surface area contributed by atoms with E-state index in [4.69, 9.17) is 17.3 Å². The van der Waals surface area contributed by atoms with Gasteiger partial charge < -0.3 is 5.73 Å². The zero-order chi connectivity index (χ0) is 15.2. The molecular formula is C14H17ClN2O2S2. The van der Waals surface area contributed by atoms with Crippen LogP contribution in [-0.4, -0.2) is 32.4 Å². The molecule has 0 amide bonds. The summed E-state index contributed by atoms with van der Waals surface area (Å²) < 4.78 is 28.4. The van der Waals surface area contributed by atoms with Gasteiger partial charge in [-0.15, -0.1) is 11.3 Å². The minimum atomic E-state index is -3.48. The molecule has 0 bridgehead atoms. The first kappa shape index (κ1) is 15.2. The lowest BCUT2D eigenvalue weighted by atomic mass is 10.1. The molecule has 0 saturated carbocycles. The molecule has 0 aliphatic carbocycles. The monoisotopic (exact) mass is 344 g/mol. The summed E-state index contributed by atoms with van der Waals surface area (Å²) in [5.74, 6) is 0.258. The van der Waals surface area contributed by atoms with Crippen molar-refractivity contribution in [1.82, 2.24) is 4.31 Å². The summed E-state index contributed by atoms with van der Waals surface area (Å²) in [5.41, 5.74) is 5.66. The van der Waals surface area contributed by atoms with Crippen molar-refractivity contribution in [3.8, 4) is 0 Å². The summed E-state index contributed by atoms with van der Waals surface area (Å²) in [4.78, 5) is 1.21. The fraction of sp³-hybridized carbons (Fsp3) is 0.429. The number of fused-ring (bicyclic) bond motifs is 1. The number of aryl methyl sites for hydroxylation is 1. The van der Waals surface area contributed by atoms with Gasteiger partial charge in [0.2, 0.25) is 10.0 Å². The SMILES string of the molecule is Cc1sc2ccc(Cl)cc2c1S(=O)(=O)N1CCC(CN)C1. The van der Waals surface area contributed by atoms with Crippen LogP contribution in [0.1, 0.15) is 11.3 Å². The molecule has 21 heavy (non-hydrogen) atoms. The number of rotatable bonds is 3. The normalized spacial score (nSPS) is 20.4. The predicted molar refractivity (Wildman–Crippen MR) is 87.5 cm³/mol. The lowest BCUT2D eigenvalue weighted by Crippen LogP contribution is -2.30. The highest BCUT2D eigenvalue weighted by atomic mass is 35.5. The van der Waals surface area contributed by atoms with Crippen molar-refractivity contribution in [2.45, 2.75) is 18.2 Å². The summed E-state index contributed by atoms with van der Waals surface area (Å²) in [6.45, 7) is 3.43. The van der Waals surface area contributed by atoms with Crippen molar-refractivity contribution >= 4 is 43.0 Å². The van der Waals surface area contributed by atoms with Gasteiger partial charge in [0, 0.05) is 33.1 Å². The molecule has 1 fully saturated rings. The van der Waals surface area contributed by atoms with Crippen LogP contribution in [0.25, 0.3) is 10.1 Å². The van der Waals surface area contributed by atoms with Crippen molar-refractivity contribution in [3.05, 3.63) is 28.1 Å². The first-order chi connectivity index (χ1) is 9.93. The van der Waals surface area contributed by atoms with Crippen LogP contribution in [0.4, 0.5) is 0 Å². The first-order valence-corrected chi connectivity index (χ1v) is 9.46. The highest BCUT2D eigenvalue weighted by Gasteiger charge is 2.34. The molecule has 0 spiro atoms. The predicted octanol–water partition coefficient (Wildman–Crippen LogP) is 2.83. The van der Waals surface area contributed by atoms with E-state index in [-0.39, 0.29) is 5.92 Å². The number of thiophene rings is 1. The van der Waals surface area contributed by atoms with Gasteiger partial charge in [-0.05, 0) is 44.0 Å². The van der Waals surface area contributed by atoms with Gasteiger partial charge >= 0.3 is 0 Å². The average Bonchev–Trinajstić information content (AvgIpc) is 3.02. The Kier molecular flexibility index (Phi) is 4.00. The van der Waals surface area contributed by atoms with Gasteiger partial charge in [0.1, 0.15) is 4.90 Å². The number of benzene rings is 1. The van der Waals surface area contributed by atoms with Crippen LogP contribution in [0.3, 0.4) is 0 Å².